The molecule has 2 aromatic heterocycles. The fourth-order valence-electron chi connectivity index (χ4n) is 6.12. The predicted octanol–water partition coefficient (Wildman–Crippen LogP) is 4.31. The quantitative estimate of drug-likeness (QED) is 0.287. The van der Waals surface area contributed by atoms with Crippen molar-refractivity contribution in [2.45, 2.75) is 81.7 Å². The van der Waals surface area contributed by atoms with Crippen LogP contribution in [-0.4, -0.2) is 78.2 Å². The van der Waals surface area contributed by atoms with Crippen molar-refractivity contribution in [3.63, 3.8) is 0 Å². The molecule has 3 aromatic rings. The van der Waals surface area contributed by atoms with Crippen LogP contribution in [0.4, 0.5) is 0 Å². The molecule has 1 aromatic carbocycles. The number of nitrogens with zero attached hydrogens (tertiary/aromatic N) is 3. The number of likely N-dealkylation sites (N-methyl/N-ethyl adjacent to an activating group) is 1. The fourth-order valence-corrected chi connectivity index (χ4v) is 8.37. The Hall–Kier alpha value is -3.55. The average Bonchev–Trinajstić information content (AvgIpc) is 3.81. The van der Waals surface area contributed by atoms with Gasteiger partial charge in [0.05, 0.1) is 29.1 Å². The summed E-state index contributed by atoms with van der Waals surface area (Å²) >= 11 is 1.54. The van der Waals surface area contributed by atoms with Crippen LogP contribution in [0.5, 0.6) is 11.5 Å². The van der Waals surface area contributed by atoms with Gasteiger partial charge < -0.3 is 14.8 Å². The third-order valence-electron chi connectivity index (χ3n) is 9.69. The lowest BCUT2D eigenvalue weighted by molar-refractivity contribution is -0.131. The fraction of sp³-hybridized carbons (Fsp3) is 0.515. The maximum atomic E-state index is 13.7. The first-order chi connectivity index (χ1) is 21.7. The van der Waals surface area contributed by atoms with E-state index >= 15 is 0 Å². The number of aryl methyl sites for hydroxylation is 1. The number of methoxy groups -OCH3 is 1. The molecule has 0 spiro atoms. The van der Waals surface area contributed by atoms with E-state index in [0.717, 1.165) is 32.9 Å². The zero-order valence-corrected chi connectivity index (χ0v) is 28.7. The number of hydrogen-bond acceptors (Lipinski definition) is 10. The van der Waals surface area contributed by atoms with Crippen molar-refractivity contribution in [3.05, 3.63) is 47.5 Å². The number of carbonyl (C=O) groups excluding carboxylic acids is 2. The number of amides is 2. The predicted molar refractivity (Wildman–Crippen MR) is 178 cm³/mol. The summed E-state index contributed by atoms with van der Waals surface area (Å²) in [6.45, 7) is 12.0. The van der Waals surface area contributed by atoms with Gasteiger partial charge in [-0.25, -0.2) is 18.4 Å². The molecule has 13 heteroatoms. The third kappa shape index (κ3) is 5.66. The zero-order valence-electron chi connectivity index (χ0n) is 27.0. The number of likely N-dealkylation sites (tertiary alicyclic amines) is 1. The smallest absolute Gasteiger partial charge is 0.259 e. The summed E-state index contributed by atoms with van der Waals surface area (Å²) in [6, 6.07) is 5.14. The molecule has 3 heterocycles. The summed E-state index contributed by atoms with van der Waals surface area (Å²) in [6.07, 6.45) is 2.92. The first-order valence-electron chi connectivity index (χ1n) is 15.5. The lowest BCUT2D eigenvalue weighted by Crippen LogP contribution is -2.56. The molecular formula is C33H41N5O6S2. The molecule has 2 N–H and O–H groups in total. The largest absolute Gasteiger partial charge is 0.496 e. The van der Waals surface area contributed by atoms with Crippen LogP contribution in [0.15, 0.2) is 36.2 Å². The molecule has 2 amide bonds. The van der Waals surface area contributed by atoms with Crippen LogP contribution in [0.2, 0.25) is 0 Å². The summed E-state index contributed by atoms with van der Waals surface area (Å²) in [7, 11) is -0.388. The summed E-state index contributed by atoms with van der Waals surface area (Å²) in [5.74, 6) is 0.215. The first kappa shape index (κ1) is 32.4. The van der Waals surface area contributed by atoms with Crippen molar-refractivity contribution >= 4 is 44.1 Å². The van der Waals surface area contributed by atoms with Crippen molar-refractivity contribution < 1.29 is 27.5 Å². The van der Waals surface area contributed by atoms with Crippen LogP contribution < -0.4 is 19.5 Å². The summed E-state index contributed by atoms with van der Waals surface area (Å²) in [5.41, 5.74) is 1.99. The normalized spacial score (nSPS) is 25.3. The van der Waals surface area contributed by atoms with Gasteiger partial charge in [0.1, 0.15) is 33.8 Å². The van der Waals surface area contributed by atoms with Gasteiger partial charge in [-0.05, 0) is 58.2 Å². The van der Waals surface area contributed by atoms with Crippen molar-refractivity contribution in [2.24, 2.45) is 5.92 Å². The highest BCUT2D eigenvalue weighted by Crippen LogP contribution is 2.47. The van der Waals surface area contributed by atoms with E-state index in [-0.39, 0.29) is 23.8 Å². The number of benzene rings is 1. The average molecular weight is 668 g/mol. The Balaban J connectivity index is 1.23. The van der Waals surface area contributed by atoms with Gasteiger partial charge in [0.2, 0.25) is 15.9 Å². The van der Waals surface area contributed by atoms with E-state index in [9.17, 15) is 18.0 Å². The molecule has 1 saturated heterocycles. The lowest BCUT2D eigenvalue weighted by atomic mass is 10.1. The van der Waals surface area contributed by atoms with E-state index < -0.39 is 32.3 Å². The van der Waals surface area contributed by atoms with Gasteiger partial charge in [-0.3, -0.25) is 19.2 Å². The monoisotopic (exact) mass is 667 g/mol. The third-order valence-corrected chi connectivity index (χ3v) is 12.7. The minimum absolute atomic E-state index is 0.286. The standard InChI is InChI=1S/C33H41N5O6S2/c1-8-20-15-33(20,31(40)37-46(41,42)32(5)11-12-32)36-29(39)25-13-21(16-38(25)6)44-27-14-23(30-35-24(17-45-30)18(2)3)34-28-19(4)26(43-7)10-9-22(27)28/h8-10,14,17-18,20-21,25H,1,11-13,15-16H2,2-7H3,(H,36,39)(H,37,40)/t20-,21-,25+,33-/m1/s1. The maximum Gasteiger partial charge on any atom is 0.259 e. The van der Waals surface area contributed by atoms with Gasteiger partial charge in [-0.2, -0.15) is 0 Å². The van der Waals surface area contributed by atoms with E-state index in [1.54, 1.807) is 20.1 Å². The highest BCUT2D eigenvalue weighted by molar-refractivity contribution is 7.91. The first-order valence-corrected chi connectivity index (χ1v) is 17.9. The summed E-state index contributed by atoms with van der Waals surface area (Å²) in [4.78, 5) is 38.7. The molecule has 2 aliphatic carbocycles. The van der Waals surface area contributed by atoms with Gasteiger partial charge in [0.25, 0.3) is 5.91 Å². The molecule has 3 fully saturated rings. The Morgan fingerprint density at radius 2 is 1.96 bits per heavy atom. The van der Waals surface area contributed by atoms with Crippen LogP contribution >= 0.6 is 11.3 Å². The Bertz CT molecular complexity index is 1830. The van der Waals surface area contributed by atoms with Crippen LogP contribution in [0.25, 0.3) is 21.6 Å². The highest BCUT2D eigenvalue weighted by Gasteiger charge is 2.62. The van der Waals surface area contributed by atoms with E-state index in [0.29, 0.717) is 43.7 Å². The number of thiazole rings is 1. The Kier molecular flexibility index (Phi) is 8.17. The maximum absolute atomic E-state index is 13.7. The minimum Gasteiger partial charge on any atom is -0.496 e. The van der Waals surface area contributed by atoms with E-state index in [2.05, 4.69) is 30.5 Å². The van der Waals surface area contributed by atoms with Gasteiger partial charge in [-0.1, -0.05) is 19.9 Å². The van der Waals surface area contributed by atoms with Crippen LogP contribution in [0.1, 0.15) is 63.6 Å². The van der Waals surface area contributed by atoms with Gasteiger partial charge in [0, 0.05) is 41.3 Å². The Labute approximate surface area is 273 Å². The van der Waals surface area contributed by atoms with E-state index in [4.69, 9.17) is 19.4 Å². The zero-order chi connectivity index (χ0) is 33.2. The molecule has 46 heavy (non-hydrogen) atoms. The number of carbonyl (C=O) groups is 2. The van der Waals surface area contributed by atoms with E-state index in [1.807, 2.05) is 42.5 Å². The molecule has 4 atom stereocenters. The highest BCUT2D eigenvalue weighted by atomic mass is 32.2. The number of rotatable bonds is 11. The van der Waals surface area contributed by atoms with Crippen LogP contribution in [-0.2, 0) is 19.6 Å². The van der Waals surface area contributed by atoms with Gasteiger partial charge >= 0.3 is 0 Å². The molecule has 246 valence electrons. The van der Waals surface area contributed by atoms with Crippen molar-refractivity contribution in [1.29, 1.82) is 0 Å². The lowest BCUT2D eigenvalue weighted by Gasteiger charge is -2.24. The molecule has 11 nitrogen and oxygen atoms in total. The number of hydrogen-bond donors (Lipinski definition) is 2. The molecule has 3 aliphatic rings. The molecule has 0 radical (unpaired) electrons. The second kappa shape index (κ2) is 11.6. The number of aromatic nitrogens is 2. The second-order valence-electron chi connectivity index (χ2n) is 13.3. The number of fused-ring (bicyclic) bond motifs is 1. The number of pyridine rings is 1. The van der Waals surface area contributed by atoms with Crippen molar-refractivity contribution in [3.8, 4) is 22.2 Å². The van der Waals surface area contributed by atoms with E-state index in [1.165, 1.54) is 11.3 Å². The van der Waals surface area contributed by atoms with Crippen LogP contribution in [0, 0.1) is 12.8 Å². The number of ether oxygens (including phenoxy) is 2. The topological polar surface area (TPSA) is 140 Å². The number of sulfonamides is 1. The SMILES string of the molecule is C=C[C@@H]1C[C@]1(NC(=O)[C@@H]1C[C@@H](Oc2cc(-c3nc(C(C)C)cs3)nc3c(C)c(OC)ccc23)CN1C)C(=O)NS(=O)(=O)C1(C)CC1. The molecule has 6 rings (SSSR count). The second-order valence-corrected chi connectivity index (χ2v) is 16.4. The Morgan fingerprint density at radius 3 is 2.57 bits per heavy atom. The number of nitrogens with one attached hydrogen (secondary N) is 2. The van der Waals surface area contributed by atoms with Crippen molar-refractivity contribution in [2.75, 3.05) is 20.7 Å². The summed E-state index contributed by atoms with van der Waals surface area (Å²) in [5, 5.41) is 6.56. The summed E-state index contributed by atoms with van der Waals surface area (Å²) < 4.78 is 39.1. The van der Waals surface area contributed by atoms with Crippen LogP contribution in [0.3, 0.4) is 0 Å². The van der Waals surface area contributed by atoms with Crippen molar-refractivity contribution in [1.82, 2.24) is 24.9 Å². The van der Waals surface area contributed by atoms with Gasteiger partial charge in [0.15, 0.2) is 0 Å². The minimum atomic E-state index is -3.85. The van der Waals surface area contributed by atoms with Gasteiger partial charge in [-0.15, -0.1) is 17.9 Å². The molecule has 0 unspecified atom stereocenters. The molecular weight excluding hydrogens is 627 g/mol. The molecule has 0 bridgehead atoms. The molecule has 2 saturated carbocycles. The Morgan fingerprint density at radius 1 is 1.22 bits per heavy atom. The molecule has 1 aliphatic heterocycles.